The number of esters is 1. The molecule has 0 bridgehead atoms. The van der Waals surface area contributed by atoms with Crippen LogP contribution in [-0.4, -0.2) is 36.3 Å². The van der Waals surface area contributed by atoms with Crippen LogP contribution in [0.5, 0.6) is 0 Å². The summed E-state index contributed by atoms with van der Waals surface area (Å²) in [5, 5.41) is 11.7. The summed E-state index contributed by atoms with van der Waals surface area (Å²) in [5.41, 5.74) is -0.325. The minimum Gasteiger partial charge on any atom is -0.459 e. The molecular weight excluding hydrogens is 374 g/mol. The molecule has 3 fully saturated rings. The third kappa shape index (κ3) is 3.27. The quantitative estimate of drug-likeness (QED) is 0.751. The molecule has 2 atom stereocenters. The lowest BCUT2D eigenvalue weighted by Gasteiger charge is -2.44. The number of likely N-dealkylation sites (tertiary alicyclic amines) is 1. The molecule has 2 aromatic rings. The van der Waals surface area contributed by atoms with Crippen LogP contribution in [0.3, 0.4) is 0 Å². The van der Waals surface area contributed by atoms with Crippen molar-refractivity contribution in [1.29, 1.82) is 0 Å². The Morgan fingerprint density at radius 1 is 0.933 bits per heavy atom. The molecule has 1 aliphatic heterocycles. The largest absolute Gasteiger partial charge is 0.459 e. The molecule has 2 unspecified atom stereocenters. The zero-order chi connectivity index (χ0) is 20.6. The summed E-state index contributed by atoms with van der Waals surface area (Å²) < 4.78 is 6.10. The van der Waals surface area contributed by atoms with E-state index in [9.17, 15) is 9.90 Å². The monoisotopic (exact) mass is 406 g/mol. The molecule has 3 aliphatic rings. The molecule has 5 rings (SSSR count). The van der Waals surface area contributed by atoms with E-state index in [2.05, 4.69) is 0 Å². The molecule has 0 aromatic heterocycles. The first-order valence-corrected chi connectivity index (χ1v) is 11.5. The normalized spacial score (nSPS) is 25.9. The van der Waals surface area contributed by atoms with Gasteiger partial charge in [-0.1, -0.05) is 67.1 Å². The Morgan fingerprint density at radius 3 is 2.00 bits per heavy atom. The van der Waals surface area contributed by atoms with Gasteiger partial charge in [-0.2, -0.15) is 0 Å². The summed E-state index contributed by atoms with van der Waals surface area (Å²) in [7, 11) is 0. The zero-order valence-corrected chi connectivity index (χ0v) is 17.6. The number of nitrogens with one attached hydrogen (secondary N) is 1. The molecule has 0 amide bonds. The number of carbonyl (C=O) groups is 1. The average Bonchev–Trinajstić information content (AvgIpc) is 3.42. The van der Waals surface area contributed by atoms with Gasteiger partial charge in [-0.15, -0.1) is 0 Å². The van der Waals surface area contributed by atoms with Gasteiger partial charge in [-0.25, -0.2) is 4.79 Å². The number of hydrogen-bond donors (Lipinski definition) is 2. The van der Waals surface area contributed by atoms with E-state index in [0.29, 0.717) is 22.6 Å². The highest BCUT2D eigenvalue weighted by molar-refractivity contribution is 5.85. The van der Waals surface area contributed by atoms with Crippen molar-refractivity contribution in [2.24, 2.45) is 5.41 Å². The van der Waals surface area contributed by atoms with Crippen molar-refractivity contribution in [3.05, 3.63) is 71.8 Å². The Labute approximate surface area is 178 Å². The molecule has 2 N–H and O–H groups in total. The van der Waals surface area contributed by atoms with Gasteiger partial charge in [0.1, 0.15) is 6.10 Å². The number of aliphatic hydroxyl groups is 1. The summed E-state index contributed by atoms with van der Waals surface area (Å²) in [4.78, 5) is 15.2. The summed E-state index contributed by atoms with van der Waals surface area (Å²) in [6.07, 6.45) is 8.22. The second kappa shape index (κ2) is 7.82. The molecule has 4 nitrogen and oxygen atoms in total. The molecule has 30 heavy (non-hydrogen) atoms. The van der Waals surface area contributed by atoms with Gasteiger partial charge in [-0.3, -0.25) is 0 Å². The smallest absolute Gasteiger partial charge is 0.347 e. The molecule has 2 saturated carbocycles. The van der Waals surface area contributed by atoms with Gasteiger partial charge >= 0.3 is 5.97 Å². The minimum absolute atomic E-state index is 0.102. The Kier molecular flexibility index (Phi) is 5.16. The van der Waals surface area contributed by atoms with Crippen molar-refractivity contribution in [1.82, 2.24) is 0 Å². The Morgan fingerprint density at radius 2 is 1.50 bits per heavy atom. The lowest BCUT2D eigenvalue weighted by Crippen LogP contribution is -3.15. The maximum absolute atomic E-state index is 13.5. The fraction of sp³-hybridized carbons (Fsp3) is 0.500. The fourth-order valence-electron chi connectivity index (χ4n) is 6.24. The Hall–Kier alpha value is -2.17. The van der Waals surface area contributed by atoms with Gasteiger partial charge in [0.15, 0.2) is 0 Å². The number of ether oxygens (including phenoxy) is 1. The third-order valence-corrected chi connectivity index (χ3v) is 7.91. The van der Waals surface area contributed by atoms with Crippen LogP contribution >= 0.6 is 0 Å². The average molecular weight is 407 g/mol. The van der Waals surface area contributed by atoms with Gasteiger partial charge in [0.05, 0.1) is 19.1 Å². The highest BCUT2D eigenvalue weighted by Crippen LogP contribution is 2.53. The van der Waals surface area contributed by atoms with E-state index in [4.69, 9.17) is 4.74 Å². The minimum atomic E-state index is -1.78. The molecule has 0 radical (unpaired) electrons. The molecule has 1 saturated heterocycles. The second-order valence-corrected chi connectivity index (χ2v) is 9.54. The lowest BCUT2D eigenvalue weighted by molar-refractivity contribution is -0.921. The van der Waals surface area contributed by atoms with E-state index in [-0.39, 0.29) is 6.10 Å². The fourth-order valence-corrected chi connectivity index (χ4v) is 6.24. The summed E-state index contributed by atoms with van der Waals surface area (Å²) >= 11 is 0. The molecule has 1 spiro atoms. The van der Waals surface area contributed by atoms with E-state index in [1.54, 1.807) is 29.2 Å². The van der Waals surface area contributed by atoms with E-state index in [1.807, 2.05) is 36.4 Å². The van der Waals surface area contributed by atoms with Gasteiger partial charge in [0.25, 0.3) is 0 Å². The summed E-state index contributed by atoms with van der Waals surface area (Å²) in [5.74, 6) is -0.545. The Balaban J connectivity index is 1.40. The number of carbonyl (C=O) groups excluding carboxylic acids is 1. The van der Waals surface area contributed by atoms with E-state index >= 15 is 0 Å². The van der Waals surface area contributed by atoms with Gasteiger partial charge in [-0.05, 0) is 30.4 Å². The van der Waals surface area contributed by atoms with Crippen LogP contribution in [0.4, 0.5) is 0 Å². The lowest BCUT2D eigenvalue weighted by atomic mass is 9.65. The standard InChI is InChI=1S/C26H31NO3/c28-24(26(29,20-10-3-1-4-11-20)21-12-5-2-6-13-21)30-22-18-23(27-16-7-8-17-27)25(19-22)14-9-15-25/h1-6,10-13,22-23,29H,7-9,14-19H2/p+1. The molecule has 4 heteroatoms. The van der Waals surface area contributed by atoms with Crippen LogP contribution in [0.2, 0.25) is 0 Å². The summed E-state index contributed by atoms with van der Waals surface area (Å²) in [6.45, 7) is 2.51. The van der Waals surface area contributed by atoms with Crippen LogP contribution in [0, 0.1) is 5.41 Å². The maximum Gasteiger partial charge on any atom is 0.347 e. The maximum atomic E-state index is 13.5. The van der Waals surface area contributed by atoms with Crippen molar-refractivity contribution >= 4 is 5.97 Å². The van der Waals surface area contributed by atoms with Gasteiger partial charge < -0.3 is 14.7 Å². The van der Waals surface area contributed by atoms with Crippen molar-refractivity contribution in [3.63, 3.8) is 0 Å². The van der Waals surface area contributed by atoms with Crippen LogP contribution in [0.15, 0.2) is 60.7 Å². The predicted octanol–water partition coefficient (Wildman–Crippen LogP) is 2.85. The first-order chi connectivity index (χ1) is 14.6. The first-order valence-electron chi connectivity index (χ1n) is 11.5. The molecule has 2 aliphatic carbocycles. The van der Waals surface area contributed by atoms with Crippen molar-refractivity contribution < 1.29 is 19.5 Å². The van der Waals surface area contributed by atoms with Crippen molar-refractivity contribution in [3.8, 4) is 0 Å². The van der Waals surface area contributed by atoms with Crippen LogP contribution in [-0.2, 0) is 15.1 Å². The van der Waals surface area contributed by atoms with E-state index in [0.717, 1.165) is 12.8 Å². The topological polar surface area (TPSA) is 51.0 Å². The highest BCUT2D eigenvalue weighted by atomic mass is 16.6. The van der Waals surface area contributed by atoms with Gasteiger partial charge in [0, 0.05) is 24.7 Å². The van der Waals surface area contributed by atoms with Crippen molar-refractivity contribution in [2.45, 2.75) is 62.7 Å². The number of hydrogen-bond acceptors (Lipinski definition) is 3. The first kappa shape index (κ1) is 19.8. The molecular formula is C26H32NO3+. The number of benzene rings is 2. The SMILES string of the molecule is O=C(OC1CC([NH+]2CCCC2)C2(CCC2)C1)C(O)(c1ccccc1)c1ccccc1. The highest BCUT2D eigenvalue weighted by Gasteiger charge is 2.57. The van der Waals surface area contributed by atoms with E-state index in [1.165, 1.54) is 45.2 Å². The Bertz CT molecular complexity index is 832. The molecule has 1 heterocycles. The van der Waals surface area contributed by atoms with Crippen molar-refractivity contribution in [2.75, 3.05) is 13.1 Å². The van der Waals surface area contributed by atoms with Gasteiger partial charge in [0.2, 0.25) is 5.60 Å². The molecule has 2 aromatic carbocycles. The third-order valence-electron chi connectivity index (χ3n) is 7.91. The van der Waals surface area contributed by atoms with Crippen LogP contribution in [0.25, 0.3) is 0 Å². The molecule has 158 valence electrons. The zero-order valence-electron chi connectivity index (χ0n) is 17.6. The van der Waals surface area contributed by atoms with Crippen LogP contribution in [0.1, 0.15) is 56.1 Å². The van der Waals surface area contributed by atoms with Crippen LogP contribution < -0.4 is 4.90 Å². The number of rotatable bonds is 5. The number of quaternary nitrogens is 1. The second-order valence-electron chi connectivity index (χ2n) is 9.54. The predicted molar refractivity (Wildman–Crippen MR) is 115 cm³/mol. The van der Waals surface area contributed by atoms with E-state index < -0.39 is 11.6 Å². The summed E-state index contributed by atoms with van der Waals surface area (Å²) in [6, 6.07) is 19.0.